The summed E-state index contributed by atoms with van der Waals surface area (Å²) in [6.45, 7) is 7.71. The van der Waals surface area contributed by atoms with Crippen molar-refractivity contribution >= 4 is 0 Å². The molecule has 0 radical (unpaired) electrons. The highest BCUT2D eigenvalue weighted by atomic mass is 16.5. The molecular weight excluding hydrogens is 154 g/mol. The average molecular weight is 173 g/mol. The van der Waals surface area contributed by atoms with E-state index in [1.165, 1.54) is 0 Å². The van der Waals surface area contributed by atoms with E-state index < -0.39 is 0 Å². The van der Waals surface area contributed by atoms with Crippen molar-refractivity contribution in [1.29, 1.82) is 0 Å². The summed E-state index contributed by atoms with van der Waals surface area (Å²) in [5.74, 6) is 0. The van der Waals surface area contributed by atoms with Gasteiger partial charge in [0.2, 0.25) is 0 Å². The standard InChI is InChI=1S/C9H19NO2/c1-3-11-8(2)6-9-7-10-4-5-12-9/h8-10H,3-7H2,1-2H3. The summed E-state index contributed by atoms with van der Waals surface area (Å²) >= 11 is 0. The number of morpholine rings is 1. The Morgan fingerprint density at radius 2 is 2.50 bits per heavy atom. The van der Waals surface area contributed by atoms with E-state index in [2.05, 4.69) is 12.2 Å². The minimum Gasteiger partial charge on any atom is -0.379 e. The molecule has 1 rings (SSSR count). The molecule has 1 heterocycles. The molecule has 0 aromatic rings. The fourth-order valence-electron chi connectivity index (χ4n) is 1.49. The zero-order valence-corrected chi connectivity index (χ0v) is 8.01. The molecule has 1 fully saturated rings. The van der Waals surface area contributed by atoms with E-state index >= 15 is 0 Å². The molecule has 0 aromatic carbocycles. The van der Waals surface area contributed by atoms with Gasteiger partial charge in [0.1, 0.15) is 0 Å². The van der Waals surface area contributed by atoms with Gasteiger partial charge < -0.3 is 14.8 Å². The molecule has 1 N–H and O–H groups in total. The largest absolute Gasteiger partial charge is 0.379 e. The fourth-order valence-corrected chi connectivity index (χ4v) is 1.49. The van der Waals surface area contributed by atoms with Crippen LogP contribution in [-0.4, -0.2) is 38.5 Å². The third-order valence-corrected chi connectivity index (χ3v) is 2.05. The number of ether oxygens (including phenoxy) is 2. The first kappa shape index (κ1) is 9.96. The Kier molecular flexibility index (Phi) is 4.58. The Morgan fingerprint density at radius 3 is 3.08 bits per heavy atom. The maximum atomic E-state index is 5.55. The van der Waals surface area contributed by atoms with Gasteiger partial charge in [-0.3, -0.25) is 0 Å². The summed E-state index contributed by atoms with van der Waals surface area (Å²) in [7, 11) is 0. The van der Waals surface area contributed by atoms with Crippen molar-refractivity contribution < 1.29 is 9.47 Å². The van der Waals surface area contributed by atoms with Crippen LogP contribution < -0.4 is 5.32 Å². The molecule has 3 nitrogen and oxygen atoms in total. The van der Waals surface area contributed by atoms with Crippen LogP contribution in [0.5, 0.6) is 0 Å². The SMILES string of the molecule is CCOC(C)CC1CNCCO1. The van der Waals surface area contributed by atoms with Crippen LogP contribution in [0.15, 0.2) is 0 Å². The molecule has 2 atom stereocenters. The summed E-state index contributed by atoms with van der Waals surface area (Å²) in [5.41, 5.74) is 0. The lowest BCUT2D eigenvalue weighted by atomic mass is 10.1. The first-order valence-electron chi connectivity index (χ1n) is 4.77. The monoisotopic (exact) mass is 173 g/mol. The number of nitrogens with one attached hydrogen (secondary N) is 1. The molecule has 72 valence electrons. The molecule has 2 unspecified atom stereocenters. The fraction of sp³-hybridized carbons (Fsp3) is 1.00. The summed E-state index contributed by atoms with van der Waals surface area (Å²) in [4.78, 5) is 0. The van der Waals surface area contributed by atoms with Crippen LogP contribution in [0.1, 0.15) is 20.3 Å². The van der Waals surface area contributed by atoms with Gasteiger partial charge in [0, 0.05) is 26.1 Å². The van der Waals surface area contributed by atoms with Crippen molar-refractivity contribution in [3.8, 4) is 0 Å². The molecule has 12 heavy (non-hydrogen) atoms. The van der Waals surface area contributed by atoms with Gasteiger partial charge in [0.05, 0.1) is 18.8 Å². The maximum Gasteiger partial charge on any atom is 0.0724 e. The van der Waals surface area contributed by atoms with Crippen LogP contribution in [0, 0.1) is 0 Å². The predicted molar refractivity (Wildman–Crippen MR) is 48.3 cm³/mol. The summed E-state index contributed by atoms with van der Waals surface area (Å²) in [6, 6.07) is 0. The number of hydrogen-bond acceptors (Lipinski definition) is 3. The minimum atomic E-state index is 0.319. The molecule has 0 saturated carbocycles. The summed E-state index contributed by atoms with van der Waals surface area (Å²) in [5, 5.41) is 3.30. The predicted octanol–water partition coefficient (Wildman–Crippen LogP) is 0.790. The summed E-state index contributed by atoms with van der Waals surface area (Å²) in [6.07, 6.45) is 1.67. The van der Waals surface area contributed by atoms with Crippen LogP contribution in [0.4, 0.5) is 0 Å². The average Bonchev–Trinajstić information content (AvgIpc) is 2.06. The highest BCUT2D eigenvalue weighted by Gasteiger charge is 2.16. The molecule has 0 aromatic heterocycles. The van der Waals surface area contributed by atoms with Crippen molar-refractivity contribution in [3.05, 3.63) is 0 Å². The van der Waals surface area contributed by atoms with Crippen molar-refractivity contribution in [2.75, 3.05) is 26.3 Å². The number of hydrogen-bond donors (Lipinski definition) is 1. The Morgan fingerprint density at radius 1 is 1.67 bits per heavy atom. The van der Waals surface area contributed by atoms with Gasteiger partial charge in [-0.05, 0) is 13.8 Å². The Hall–Kier alpha value is -0.120. The first-order chi connectivity index (χ1) is 5.83. The second-order valence-corrected chi connectivity index (χ2v) is 3.20. The third-order valence-electron chi connectivity index (χ3n) is 2.05. The molecule has 1 saturated heterocycles. The van der Waals surface area contributed by atoms with Gasteiger partial charge in [-0.2, -0.15) is 0 Å². The van der Waals surface area contributed by atoms with Crippen molar-refractivity contribution in [2.24, 2.45) is 0 Å². The van der Waals surface area contributed by atoms with Crippen LogP contribution in [-0.2, 0) is 9.47 Å². The Balaban J connectivity index is 2.11. The van der Waals surface area contributed by atoms with Crippen LogP contribution in [0.3, 0.4) is 0 Å². The molecule has 0 spiro atoms. The van der Waals surface area contributed by atoms with E-state index in [0.717, 1.165) is 32.7 Å². The zero-order chi connectivity index (χ0) is 8.81. The van der Waals surface area contributed by atoms with E-state index in [0.29, 0.717) is 12.2 Å². The first-order valence-corrected chi connectivity index (χ1v) is 4.77. The van der Waals surface area contributed by atoms with Crippen LogP contribution in [0.2, 0.25) is 0 Å². The van der Waals surface area contributed by atoms with E-state index in [1.807, 2.05) is 6.92 Å². The molecule has 0 bridgehead atoms. The minimum absolute atomic E-state index is 0.319. The van der Waals surface area contributed by atoms with Crippen molar-refractivity contribution in [3.63, 3.8) is 0 Å². The highest BCUT2D eigenvalue weighted by molar-refractivity contribution is 4.69. The van der Waals surface area contributed by atoms with Gasteiger partial charge in [-0.1, -0.05) is 0 Å². The lowest BCUT2D eigenvalue weighted by Gasteiger charge is -2.25. The van der Waals surface area contributed by atoms with Gasteiger partial charge in [0.15, 0.2) is 0 Å². The second kappa shape index (κ2) is 5.51. The molecule has 0 amide bonds. The molecule has 3 heteroatoms. The zero-order valence-electron chi connectivity index (χ0n) is 8.01. The highest BCUT2D eigenvalue weighted by Crippen LogP contribution is 2.07. The Labute approximate surface area is 74.4 Å². The maximum absolute atomic E-state index is 5.55. The van der Waals surface area contributed by atoms with Gasteiger partial charge in [0.25, 0.3) is 0 Å². The van der Waals surface area contributed by atoms with Gasteiger partial charge in [-0.15, -0.1) is 0 Å². The van der Waals surface area contributed by atoms with Crippen LogP contribution in [0.25, 0.3) is 0 Å². The topological polar surface area (TPSA) is 30.5 Å². The van der Waals surface area contributed by atoms with Gasteiger partial charge >= 0.3 is 0 Å². The molecular formula is C9H19NO2. The molecule has 1 aliphatic heterocycles. The lowest BCUT2D eigenvalue weighted by Crippen LogP contribution is -2.40. The van der Waals surface area contributed by atoms with Crippen molar-refractivity contribution in [2.45, 2.75) is 32.5 Å². The Bertz CT molecular complexity index is 113. The smallest absolute Gasteiger partial charge is 0.0724 e. The van der Waals surface area contributed by atoms with Crippen LogP contribution >= 0.6 is 0 Å². The summed E-state index contributed by atoms with van der Waals surface area (Å²) < 4.78 is 11.0. The quantitative estimate of drug-likeness (QED) is 0.682. The van der Waals surface area contributed by atoms with Gasteiger partial charge in [-0.25, -0.2) is 0 Å². The second-order valence-electron chi connectivity index (χ2n) is 3.20. The van der Waals surface area contributed by atoms with E-state index in [1.54, 1.807) is 0 Å². The van der Waals surface area contributed by atoms with E-state index in [-0.39, 0.29) is 0 Å². The van der Waals surface area contributed by atoms with E-state index in [9.17, 15) is 0 Å². The molecule has 0 aliphatic carbocycles. The third kappa shape index (κ3) is 3.52. The lowest BCUT2D eigenvalue weighted by molar-refractivity contribution is -0.0203. The number of rotatable bonds is 4. The molecule has 1 aliphatic rings. The van der Waals surface area contributed by atoms with Crippen molar-refractivity contribution in [1.82, 2.24) is 5.32 Å². The normalized spacial score (nSPS) is 27.0. The van der Waals surface area contributed by atoms with E-state index in [4.69, 9.17) is 9.47 Å².